The summed E-state index contributed by atoms with van der Waals surface area (Å²) in [6.45, 7) is 11.2. The molecule has 0 nitrogen and oxygen atoms in total. The van der Waals surface area contributed by atoms with Gasteiger partial charge in [0, 0.05) is 0 Å². The molecule has 0 N–H and O–H groups in total. The van der Waals surface area contributed by atoms with Crippen LogP contribution in [0.3, 0.4) is 0 Å². The zero-order chi connectivity index (χ0) is 33.2. The third-order valence-electron chi connectivity index (χ3n) is 8.69. The monoisotopic (exact) mass is 758 g/mol. The van der Waals surface area contributed by atoms with Gasteiger partial charge >= 0.3 is 70.3 Å². The van der Waals surface area contributed by atoms with Gasteiger partial charge in [-0.2, -0.15) is 11.6 Å². The Hall–Kier alpha value is -3.22. The van der Waals surface area contributed by atoms with Crippen molar-refractivity contribution in [2.45, 2.75) is 53.9 Å². The summed E-state index contributed by atoms with van der Waals surface area (Å²) in [5.41, 5.74) is 8.19. The molecule has 0 saturated carbocycles. The number of benzene rings is 5. The fourth-order valence-corrected chi connectivity index (χ4v) is 6.31. The molecule has 6 aromatic carbocycles. The van der Waals surface area contributed by atoms with Crippen molar-refractivity contribution in [2.75, 3.05) is 0 Å². The standard InChI is InChI=1S/C25H17.C13H21.C8H8.2ClH.Zr/c1-3-7-18(8-4-1)20-11-13-24-22(15-20)17-23-16-21(12-14-25(23)24)19-9-5-2-6-10-19;1-5-6-7-11-8-9-12(10-11)13(2,3)4;1-2-8-6-4-3-5-7-8;;;/h1-17H;9-11H,5-7H2,1-4H3;3-7H,1H3;2*1H;/q2*-1;;;;+2/p-2. The first-order valence-corrected chi connectivity index (χ1v) is 18.1. The fraction of sp³-hybridized carbons (Fsp3) is 0.217. The van der Waals surface area contributed by atoms with Gasteiger partial charge in [0.2, 0.25) is 0 Å². The smallest absolute Gasteiger partial charge is 0.0259 e. The van der Waals surface area contributed by atoms with Crippen LogP contribution >= 0.6 is 0 Å². The van der Waals surface area contributed by atoms with Crippen LogP contribution in [0.2, 0.25) is 0 Å². The summed E-state index contributed by atoms with van der Waals surface area (Å²) in [5, 5.41) is 5.27. The first-order valence-electron chi connectivity index (χ1n) is 16.9. The van der Waals surface area contributed by atoms with Gasteiger partial charge in [-0.1, -0.05) is 154 Å². The second-order valence-electron chi connectivity index (χ2n) is 13.4. The molecule has 0 radical (unpaired) electrons. The second-order valence-corrected chi connectivity index (χ2v) is 15.2. The van der Waals surface area contributed by atoms with Gasteiger partial charge in [0.25, 0.3) is 0 Å². The van der Waals surface area contributed by atoms with Crippen LogP contribution in [-0.4, -0.2) is 3.21 Å². The Balaban J connectivity index is 0.000000229. The molecule has 49 heavy (non-hydrogen) atoms. The molecule has 1 unspecified atom stereocenters. The summed E-state index contributed by atoms with van der Waals surface area (Å²) in [6, 6.07) is 47.5. The van der Waals surface area contributed by atoms with Gasteiger partial charge in [0.1, 0.15) is 0 Å². The van der Waals surface area contributed by atoms with E-state index in [4.69, 9.17) is 0 Å². The van der Waals surface area contributed by atoms with E-state index in [-0.39, 0.29) is 24.8 Å². The van der Waals surface area contributed by atoms with E-state index < -0.39 is 0 Å². The average Bonchev–Trinajstić information content (AvgIpc) is 3.74. The summed E-state index contributed by atoms with van der Waals surface area (Å²) in [4.78, 5) is 0. The van der Waals surface area contributed by atoms with Crippen molar-refractivity contribution in [3.8, 4) is 22.3 Å². The largest absolute Gasteiger partial charge is 1.00 e. The summed E-state index contributed by atoms with van der Waals surface area (Å²) in [7, 11) is 0. The molecule has 0 saturated heterocycles. The average molecular weight is 761 g/mol. The fourth-order valence-electron chi connectivity index (χ4n) is 5.90. The van der Waals surface area contributed by atoms with Crippen LogP contribution in [0.15, 0.2) is 151 Å². The van der Waals surface area contributed by atoms with E-state index in [1.54, 1.807) is 0 Å². The molecule has 6 aromatic rings. The Morgan fingerprint density at radius 3 is 1.53 bits per heavy atom. The zero-order valence-corrected chi connectivity index (χ0v) is 33.3. The van der Waals surface area contributed by atoms with Crippen molar-refractivity contribution in [3.05, 3.63) is 163 Å². The first-order chi connectivity index (χ1) is 22.7. The number of hydrogen-bond donors (Lipinski definition) is 0. The van der Waals surface area contributed by atoms with Crippen LogP contribution in [0.5, 0.6) is 0 Å². The molecule has 1 atom stereocenters. The van der Waals surface area contributed by atoms with Crippen LogP contribution < -0.4 is 24.8 Å². The predicted octanol–water partition coefficient (Wildman–Crippen LogP) is 6.97. The van der Waals surface area contributed by atoms with Crippen LogP contribution in [0.4, 0.5) is 0 Å². The summed E-state index contributed by atoms with van der Waals surface area (Å²) in [6.07, 6.45) is 11.9. The summed E-state index contributed by atoms with van der Waals surface area (Å²) in [5.74, 6) is 0.592. The molecule has 1 aliphatic carbocycles. The molecular formula is C46H46Cl2Zr-2. The van der Waals surface area contributed by atoms with Crippen molar-refractivity contribution < 1.29 is 49.0 Å². The normalized spacial score (nSPS) is 13.3. The molecular weight excluding hydrogens is 715 g/mol. The van der Waals surface area contributed by atoms with Gasteiger partial charge in [-0.3, -0.25) is 6.08 Å². The Morgan fingerprint density at radius 2 is 1.14 bits per heavy atom. The molecule has 0 amide bonds. The Kier molecular flexibility index (Phi) is 15.8. The van der Waals surface area contributed by atoms with E-state index >= 15 is 0 Å². The number of fused-ring (bicyclic) bond motifs is 3. The number of hydrogen-bond acceptors (Lipinski definition) is 0. The van der Waals surface area contributed by atoms with E-state index in [0.29, 0.717) is 11.3 Å². The molecule has 0 spiro atoms. The quantitative estimate of drug-likeness (QED) is 0.161. The van der Waals surface area contributed by atoms with E-state index in [1.807, 2.05) is 6.07 Å². The van der Waals surface area contributed by atoms with Crippen molar-refractivity contribution in [3.63, 3.8) is 0 Å². The SMILES string of the molecule is CCCCC1[C-]=CC(C(C)(C)C)=C1.C[C](=[Zr+2])c1ccccc1.[Cl-].[Cl-].c1ccc(-c2ccc3c(c2)[cH-]c2cc(-c4ccccc4)ccc23)cc1. The van der Waals surface area contributed by atoms with Crippen LogP contribution in [-0.2, 0) is 24.2 Å². The molecule has 1 aliphatic rings. The summed E-state index contributed by atoms with van der Waals surface area (Å²) < 4.78 is 1.46. The molecule has 0 bridgehead atoms. The molecule has 0 fully saturated rings. The topological polar surface area (TPSA) is 0 Å². The van der Waals surface area contributed by atoms with Gasteiger partial charge in [-0.15, -0.1) is 39.7 Å². The van der Waals surface area contributed by atoms with E-state index in [0.717, 1.165) is 0 Å². The minimum absolute atomic E-state index is 0. The minimum Gasteiger partial charge on any atom is -1.00 e. The molecule has 250 valence electrons. The molecule has 3 heteroatoms. The Labute approximate surface area is 321 Å². The number of rotatable bonds is 6. The Morgan fingerprint density at radius 1 is 0.673 bits per heavy atom. The third kappa shape index (κ3) is 11.1. The van der Waals surface area contributed by atoms with Crippen molar-refractivity contribution >= 4 is 24.8 Å². The number of allylic oxidation sites excluding steroid dienone is 4. The maximum atomic E-state index is 3.43. The van der Waals surface area contributed by atoms with E-state index in [1.165, 1.54) is 102 Å². The number of halogens is 2. The zero-order valence-electron chi connectivity index (χ0n) is 29.3. The maximum Gasteiger partial charge on any atom is -0.0259 e. The predicted molar refractivity (Wildman–Crippen MR) is 203 cm³/mol. The van der Waals surface area contributed by atoms with Crippen LogP contribution in [0, 0.1) is 17.4 Å². The molecule has 0 heterocycles. The van der Waals surface area contributed by atoms with Crippen molar-refractivity contribution in [2.24, 2.45) is 11.3 Å². The Bertz CT molecular complexity index is 1870. The van der Waals surface area contributed by atoms with Crippen LogP contribution in [0.1, 0.15) is 59.4 Å². The van der Waals surface area contributed by atoms with E-state index in [9.17, 15) is 0 Å². The number of unbranched alkanes of at least 4 members (excludes halogenated alkanes) is 1. The van der Waals surface area contributed by atoms with Crippen LogP contribution in [0.25, 0.3) is 43.8 Å². The minimum atomic E-state index is 0. The summed E-state index contributed by atoms with van der Waals surface area (Å²) >= 11 is 1.51. The molecule has 7 rings (SSSR count). The van der Waals surface area contributed by atoms with Gasteiger partial charge in [0.15, 0.2) is 0 Å². The van der Waals surface area contributed by atoms with Gasteiger partial charge in [0.05, 0.1) is 0 Å². The van der Waals surface area contributed by atoms with Crippen molar-refractivity contribution in [1.82, 2.24) is 0 Å². The molecule has 0 aromatic heterocycles. The van der Waals surface area contributed by atoms with Gasteiger partial charge in [-0.25, -0.2) is 6.08 Å². The first kappa shape index (κ1) is 40.2. The second kappa shape index (κ2) is 19.2. The molecule has 0 aliphatic heterocycles. The van der Waals surface area contributed by atoms with Gasteiger partial charge in [-0.05, 0) is 11.1 Å². The third-order valence-corrected chi connectivity index (χ3v) is 9.40. The maximum absolute atomic E-state index is 3.43. The van der Waals surface area contributed by atoms with E-state index in [2.05, 4.69) is 180 Å². The van der Waals surface area contributed by atoms with Crippen molar-refractivity contribution in [1.29, 1.82) is 0 Å². The van der Waals surface area contributed by atoms with Gasteiger partial charge < -0.3 is 24.8 Å².